The molecule has 0 aliphatic heterocycles. The van der Waals surface area contributed by atoms with E-state index in [1.54, 1.807) is 13.8 Å². The molecule has 0 spiro atoms. The minimum Gasteiger partial charge on any atom is -0.391 e. The van der Waals surface area contributed by atoms with E-state index in [2.05, 4.69) is 13.8 Å². The molecule has 0 aromatic carbocycles. The number of rotatable bonds is 8. The largest absolute Gasteiger partial charge is 0.391 e. The molecule has 0 bridgehead atoms. The second-order valence-corrected chi connectivity index (χ2v) is 6.27. The molecule has 0 saturated carbocycles. The molecule has 0 aromatic heterocycles. The van der Waals surface area contributed by atoms with Crippen LogP contribution in [0.1, 0.15) is 55.4 Å². The zero-order chi connectivity index (χ0) is 15.4. The van der Waals surface area contributed by atoms with Gasteiger partial charge in [-0.15, -0.1) is 0 Å². The van der Waals surface area contributed by atoms with Crippen LogP contribution in [0, 0.1) is 5.41 Å². The lowest BCUT2D eigenvalue weighted by atomic mass is 9.81. The van der Waals surface area contributed by atoms with E-state index in [-0.39, 0.29) is 29.8 Å². The minimum absolute atomic E-state index is 0.0618. The van der Waals surface area contributed by atoms with Gasteiger partial charge in [-0.2, -0.15) is 0 Å². The van der Waals surface area contributed by atoms with Crippen molar-refractivity contribution in [3.05, 3.63) is 0 Å². The van der Waals surface area contributed by atoms with Crippen molar-refractivity contribution in [1.29, 1.82) is 0 Å². The molecule has 0 radical (unpaired) electrons. The van der Waals surface area contributed by atoms with E-state index < -0.39 is 12.2 Å². The van der Waals surface area contributed by atoms with E-state index in [1.165, 1.54) is 0 Å². The normalized spacial score (nSPS) is 22.4. The highest BCUT2D eigenvalue weighted by Gasteiger charge is 2.36. The smallest absolute Gasteiger partial charge is 0.0807 e. The van der Waals surface area contributed by atoms with E-state index in [0.717, 1.165) is 0 Å². The summed E-state index contributed by atoms with van der Waals surface area (Å²) in [5, 5.41) is 19.0. The van der Waals surface area contributed by atoms with Crippen LogP contribution in [0.5, 0.6) is 0 Å². The summed E-state index contributed by atoms with van der Waals surface area (Å²) in [7, 11) is 0. The summed E-state index contributed by atoms with van der Waals surface area (Å²) in [5.41, 5.74) is -0.216. The predicted molar refractivity (Wildman–Crippen MR) is 77.2 cm³/mol. The second-order valence-electron chi connectivity index (χ2n) is 6.27. The van der Waals surface area contributed by atoms with Gasteiger partial charge in [0.15, 0.2) is 0 Å². The Kier molecular flexibility index (Phi) is 7.51. The van der Waals surface area contributed by atoms with Gasteiger partial charge in [0.05, 0.1) is 36.6 Å². The number of aliphatic hydroxyl groups is 2. The lowest BCUT2D eigenvalue weighted by Gasteiger charge is -2.40. The van der Waals surface area contributed by atoms with Crippen molar-refractivity contribution < 1.29 is 19.7 Å². The maximum atomic E-state index is 9.50. The molecule has 0 amide bonds. The molecular weight excluding hydrogens is 244 g/mol. The van der Waals surface area contributed by atoms with E-state index in [1.807, 2.05) is 27.7 Å². The van der Waals surface area contributed by atoms with E-state index >= 15 is 0 Å². The Morgan fingerprint density at radius 2 is 0.947 bits per heavy atom. The zero-order valence-electron chi connectivity index (χ0n) is 13.7. The molecule has 0 fully saturated rings. The van der Waals surface area contributed by atoms with Gasteiger partial charge in [-0.05, 0) is 41.5 Å². The van der Waals surface area contributed by atoms with E-state index in [9.17, 15) is 10.2 Å². The average molecular weight is 276 g/mol. The molecule has 19 heavy (non-hydrogen) atoms. The van der Waals surface area contributed by atoms with Gasteiger partial charge >= 0.3 is 0 Å². The van der Waals surface area contributed by atoms with Crippen molar-refractivity contribution >= 4 is 0 Å². The maximum Gasteiger partial charge on any atom is 0.0807 e. The number of aliphatic hydroxyl groups excluding tert-OH is 2. The standard InChI is InChI=1S/C15H32O4/c1-9(16)11(3)18-13(5)15(7,8)14(6)19-12(4)10(2)17/h9-14,16-17H,1-8H3. The fraction of sp³-hybridized carbons (Fsp3) is 1.00. The number of ether oxygens (including phenoxy) is 2. The van der Waals surface area contributed by atoms with Gasteiger partial charge in [-0.25, -0.2) is 0 Å². The van der Waals surface area contributed by atoms with Gasteiger partial charge in [0.1, 0.15) is 0 Å². The molecule has 0 aliphatic carbocycles. The number of hydrogen-bond acceptors (Lipinski definition) is 4. The summed E-state index contributed by atoms with van der Waals surface area (Å²) in [6.07, 6.45) is -1.54. The summed E-state index contributed by atoms with van der Waals surface area (Å²) in [6, 6.07) is 0. The molecule has 0 aromatic rings. The van der Waals surface area contributed by atoms with Crippen LogP contribution in [-0.4, -0.2) is 46.8 Å². The van der Waals surface area contributed by atoms with Gasteiger partial charge in [0.2, 0.25) is 0 Å². The van der Waals surface area contributed by atoms with Gasteiger partial charge in [0.25, 0.3) is 0 Å². The minimum atomic E-state index is -0.495. The molecule has 2 N–H and O–H groups in total. The van der Waals surface area contributed by atoms with Crippen molar-refractivity contribution in [3.8, 4) is 0 Å². The van der Waals surface area contributed by atoms with E-state index in [0.29, 0.717) is 0 Å². The summed E-state index contributed by atoms with van der Waals surface area (Å²) in [5.74, 6) is 0. The molecule has 6 atom stereocenters. The highest BCUT2D eigenvalue weighted by Crippen LogP contribution is 2.31. The van der Waals surface area contributed by atoms with Crippen molar-refractivity contribution in [2.45, 2.75) is 92.0 Å². The third-order valence-corrected chi connectivity index (χ3v) is 4.29. The highest BCUT2D eigenvalue weighted by molar-refractivity contribution is 4.84. The maximum absolute atomic E-state index is 9.50. The van der Waals surface area contributed by atoms with Crippen LogP contribution in [0.15, 0.2) is 0 Å². The van der Waals surface area contributed by atoms with Crippen molar-refractivity contribution in [1.82, 2.24) is 0 Å². The summed E-state index contributed by atoms with van der Waals surface area (Å²) >= 11 is 0. The Morgan fingerprint density at radius 3 is 1.16 bits per heavy atom. The topological polar surface area (TPSA) is 58.9 Å². The van der Waals surface area contributed by atoms with Crippen LogP contribution >= 0.6 is 0 Å². The van der Waals surface area contributed by atoms with Crippen molar-refractivity contribution in [2.24, 2.45) is 5.41 Å². The lowest BCUT2D eigenvalue weighted by molar-refractivity contribution is -0.157. The van der Waals surface area contributed by atoms with Gasteiger partial charge in [-0.3, -0.25) is 0 Å². The van der Waals surface area contributed by atoms with Crippen LogP contribution in [-0.2, 0) is 9.47 Å². The Labute approximate surface area is 118 Å². The molecule has 4 heteroatoms. The molecule has 0 rings (SSSR count). The Bertz CT molecular complexity index is 227. The Balaban J connectivity index is 4.57. The van der Waals surface area contributed by atoms with Crippen molar-refractivity contribution in [3.63, 3.8) is 0 Å². The van der Waals surface area contributed by atoms with Crippen LogP contribution in [0.4, 0.5) is 0 Å². The first kappa shape index (κ1) is 18.8. The zero-order valence-corrected chi connectivity index (χ0v) is 13.7. The molecule has 4 nitrogen and oxygen atoms in total. The fourth-order valence-corrected chi connectivity index (χ4v) is 1.55. The van der Waals surface area contributed by atoms with Crippen LogP contribution in [0.25, 0.3) is 0 Å². The first-order chi connectivity index (χ1) is 8.50. The lowest BCUT2D eigenvalue weighted by Crippen LogP contribution is -2.45. The van der Waals surface area contributed by atoms with Crippen LogP contribution in [0.3, 0.4) is 0 Å². The van der Waals surface area contributed by atoms with Crippen LogP contribution < -0.4 is 0 Å². The first-order valence-electron chi connectivity index (χ1n) is 7.17. The molecule has 0 aliphatic rings. The van der Waals surface area contributed by atoms with Crippen molar-refractivity contribution in [2.75, 3.05) is 0 Å². The monoisotopic (exact) mass is 276 g/mol. The predicted octanol–water partition coefficient (Wildman–Crippen LogP) is 2.36. The Hall–Kier alpha value is -0.160. The third kappa shape index (κ3) is 5.78. The Morgan fingerprint density at radius 1 is 0.684 bits per heavy atom. The van der Waals surface area contributed by atoms with Gasteiger partial charge in [-0.1, -0.05) is 13.8 Å². The summed E-state index contributed by atoms with van der Waals surface area (Å²) < 4.78 is 11.7. The first-order valence-corrected chi connectivity index (χ1v) is 7.17. The summed E-state index contributed by atoms with van der Waals surface area (Å²) in [6.45, 7) is 15.3. The van der Waals surface area contributed by atoms with Gasteiger partial charge in [0, 0.05) is 5.41 Å². The molecule has 116 valence electrons. The van der Waals surface area contributed by atoms with E-state index in [4.69, 9.17) is 9.47 Å². The second kappa shape index (κ2) is 7.58. The van der Waals surface area contributed by atoms with Crippen LogP contribution in [0.2, 0.25) is 0 Å². The number of hydrogen-bond donors (Lipinski definition) is 2. The fourth-order valence-electron chi connectivity index (χ4n) is 1.55. The highest BCUT2D eigenvalue weighted by atomic mass is 16.5. The quantitative estimate of drug-likeness (QED) is 0.714. The molecule has 0 heterocycles. The SMILES string of the molecule is CC(O)C(C)OC(C)C(C)(C)C(C)OC(C)C(C)O. The molecule has 6 unspecified atom stereocenters. The molecule has 0 saturated heterocycles. The average Bonchev–Trinajstić information content (AvgIpc) is 2.27. The third-order valence-electron chi connectivity index (χ3n) is 4.29. The summed E-state index contributed by atoms with van der Waals surface area (Å²) in [4.78, 5) is 0. The van der Waals surface area contributed by atoms with Gasteiger partial charge < -0.3 is 19.7 Å². The molecular formula is C15H32O4.